The standard InChI is InChI=1S/C16H14Cl2N2/c1-10-6-5-7-12(18)15(10)20-14-9-4-3-8-13(14)19-16(20)11(2)17/h3-9,11H,1-2H3. The van der Waals surface area contributed by atoms with E-state index in [2.05, 4.69) is 9.55 Å². The second-order valence-electron chi connectivity index (χ2n) is 4.82. The van der Waals surface area contributed by atoms with E-state index in [1.807, 2.05) is 56.3 Å². The quantitative estimate of drug-likeness (QED) is 0.588. The van der Waals surface area contributed by atoms with Gasteiger partial charge in [0.05, 0.1) is 27.1 Å². The van der Waals surface area contributed by atoms with Crippen LogP contribution in [0.3, 0.4) is 0 Å². The zero-order valence-electron chi connectivity index (χ0n) is 11.3. The lowest BCUT2D eigenvalue weighted by Gasteiger charge is -2.14. The first kappa shape index (κ1) is 13.5. The molecule has 3 aromatic rings. The highest BCUT2D eigenvalue weighted by Gasteiger charge is 2.18. The number of alkyl halides is 1. The van der Waals surface area contributed by atoms with Crippen LogP contribution in [0, 0.1) is 6.92 Å². The van der Waals surface area contributed by atoms with Crippen molar-refractivity contribution in [3.63, 3.8) is 0 Å². The van der Waals surface area contributed by atoms with E-state index < -0.39 is 0 Å². The summed E-state index contributed by atoms with van der Waals surface area (Å²) < 4.78 is 2.06. The highest BCUT2D eigenvalue weighted by molar-refractivity contribution is 6.32. The molecule has 20 heavy (non-hydrogen) atoms. The number of aromatic nitrogens is 2. The van der Waals surface area contributed by atoms with Gasteiger partial charge in [-0.3, -0.25) is 4.57 Å². The summed E-state index contributed by atoms with van der Waals surface area (Å²) in [5, 5.41) is 0.504. The van der Waals surface area contributed by atoms with Crippen LogP contribution in [0.2, 0.25) is 5.02 Å². The smallest absolute Gasteiger partial charge is 0.132 e. The molecule has 102 valence electrons. The Morgan fingerprint density at radius 1 is 1.10 bits per heavy atom. The van der Waals surface area contributed by atoms with E-state index in [1.165, 1.54) is 0 Å². The van der Waals surface area contributed by atoms with Crippen molar-refractivity contribution in [2.75, 3.05) is 0 Å². The lowest BCUT2D eigenvalue weighted by molar-refractivity contribution is 0.878. The minimum atomic E-state index is -0.196. The molecule has 0 aliphatic heterocycles. The number of hydrogen-bond donors (Lipinski definition) is 0. The van der Waals surface area contributed by atoms with E-state index in [-0.39, 0.29) is 5.38 Å². The average molecular weight is 305 g/mol. The highest BCUT2D eigenvalue weighted by atomic mass is 35.5. The van der Waals surface area contributed by atoms with Gasteiger partial charge in [-0.2, -0.15) is 0 Å². The van der Waals surface area contributed by atoms with E-state index in [1.54, 1.807) is 0 Å². The van der Waals surface area contributed by atoms with Crippen molar-refractivity contribution in [1.29, 1.82) is 0 Å². The van der Waals surface area contributed by atoms with Crippen molar-refractivity contribution < 1.29 is 0 Å². The second kappa shape index (κ2) is 5.12. The Morgan fingerprint density at radius 2 is 1.85 bits per heavy atom. The molecule has 2 aromatic carbocycles. The van der Waals surface area contributed by atoms with Crippen molar-refractivity contribution in [2.45, 2.75) is 19.2 Å². The number of rotatable bonds is 2. The largest absolute Gasteiger partial charge is 0.293 e. The maximum absolute atomic E-state index is 6.41. The summed E-state index contributed by atoms with van der Waals surface area (Å²) in [7, 11) is 0. The lowest BCUT2D eigenvalue weighted by atomic mass is 10.2. The van der Waals surface area contributed by atoms with Crippen molar-refractivity contribution in [1.82, 2.24) is 9.55 Å². The number of hydrogen-bond acceptors (Lipinski definition) is 1. The molecule has 0 amide bonds. The third-order valence-electron chi connectivity index (χ3n) is 3.35. The molecule has 4 heteroatoms. The van der Waals surface area contributed by atoms with E-state index in [0.29, 0.717) is 5.02 Å². The number of fused-ring (bicyclic) bond motifs is 1. The summed E-state index contributed by atoms with van der Waals surface area (Å²) in [5.74, 6) is 0.809. The van der Waals surface area contributed by atoms with E-state index in [9.17, 15) is 0 Å². The van der Waals surface area contributed by atoms with Crippen LogP contribution < -0.4 is 0 Å². The van der Waals surface area contributed by atoms with Gasteiger partial charge in [0.25, 0.3) is 0 Å². The Kier molecular flexibility index (Phi) is 3.45. The number of benzene rings is 2. The number of aryl methyl sites for hydroxylation is 1. The van der Waals surface area contributed by atoms with Crippen LogP contribution in [0.1, 0.15) is 23.7 Å². The third kappa shape index (κ3) is 2.09. The molecule has 0 aliphatic rings. The van der Waals surface area contributed by atoms with Crippen LogP contribution >= 0.6 is 23.2 Å². The summed E-state index contributed by atoms with van der Waals surface area (Å²) in [6.07, 6.45) is 0. The number of para-hydroxylation sites is 3. The molecule has 1 atom stereocenters. The summed E-state index contributed by atoms with van der Waals surface area (Å²) in [6, 6.07) is 13.9. The van der Waals surface area contributed by atoms with Crippen molar-refractivity contribution in [3.05, 3.63) is 58.9 Å². The Balaban J connectivity index is 2.43. The molecule has 0 spiro atoms. The summed E-state index contributed by atoms with van der Waals surface area (Å²) in [5.41, 5.74) is 3.99. The number of halogens is 2. The van der Waals surface area contributed by atoms with Gasteiger partial charge < -0.3 is 0 Å². The van der Waals surface area contributed by atoms with Crippen LogP contribution in [0.15, 0.2) is 42.5 Å². The zero-order valence-corrected chi connectivity index (χ0v) is 12.8. The molecular formula is C16H14Cl2N2. The lowest BCUT2D eigenvalue weighted by Crippen LogP contribution is -2.04. The van der Waals surface area contributed by atoms with Crippen molar-refractivity contribution >= 4 is 34.2 Å². The van der Waals surface area contributed by atoms with Crippen molar-refractivity contribution in [3.8, 4) is 5.69 Å². The Morgan fingerprint density at radius 3 is 2.55 bits per heavy atom. The fourth-order valence-electron chi connectivity index (χ4n) is 2.45. The molecule has 0 aliphatic carbocycles. The predicted octanol–water partition coefficient (Wildman–Crippen LogP) is 5.29. The summed E-state index contributed by atoms with van der Waals surface area (Å²) >= 11 is 12.7. The molecule has 2 nitrogen and oxygen atoms in total. The monoisotopic (exact) mass is 304 g/mol. The van der Waals surface area contributed by atoms with Crippen LogP contribution in [-0.2, 0) is 0 Å². The van der Waals surface area contributed by atoms with E-state index in [4.69, 9.17) is 23.2 Å². The molecule has 1 unspecified atom stereocenters. The van der Waals surface area contributed by atoms with Gasteiger partial charge in [-0.05, 0) is 37.6 Å². The van der Waals surface area contributed by atoms with Gasteiger partial charge in [0.2, 0.25) is 0 Å². The first-order chi connectivity index (χ1) is 9.59. The second-order valence-corrected chi connectivity index (χ2v) is 5.88. The molecular weight excluding hydrogens is 291 g/mol. The van der Waals surface area contributed by atoms with Crippen LogP contribution in [0.4, 0.5) is 0 Å². The molecule has 3 rings (SSSR count). The Labute approximate surface area is 128 Å². The molecule has 0 N–H and O–H groups in total. The summed E-state index contributed by atoms with van der Waals surface area (Å²) in [6.45, 7) is 3.96. The average Bonchev–Trinajstić information content (AvgIpc) is 2.78. The fraction of sp³-hybridized carbons (Fsp3) is 0.188. The molecule has 0 radical (unpaired) electrons. The molecule has 0 fully saturated rings. The fourth-order valence-corrected chi connectivity index (χ4v) is 2.91. The maximum Gasteiger partial charge on any atom is 0.132 e. The minimum absolute atomic E-state index is 0.196. The maximum atomic E-state index is 6.41. The molecule has 0 bridgehead atoms. The van der Waals surface area contributed by atoms with Gasteiger partial charge in [-0.15, -0.1) is 11.6 Å². The predicted molar refractivity (Wildman–Crippen MR) is 85.1 cm³/mol. The molecule has 1 aromatic heterocycles. The topological polar surface area (TPSA) is 17.8 Å². The van der Waals surface area contributed by atoms with Crippen molar-refractivity contribution in [2.24, 2.45) is 0 Å². The van der Waals surface area contributed by atoms with Crippen LogP contribution in [0.5, 0.6) is 0 Å². The Hall–Kier alpha value is -1.51. The molecule has 0 saturated heterocycles. The zero-order chi connectivity index (χ0) is 14.3. The molecule has 1 heterocycles. The first-order valence-corrected chi connectivity index (χ1v) is 7.28. The number of nitrogens with zero attached hydrogens (tertiary/aromatic N) is 2. The van der Waals surface area contributed by atoms with E-state index in [0.717, 1.165) is 28.1 Å². The molecule has 0 saturated carbocycles. The van der Waals surface area contributed by atoms with Gasteiger partial charge in [0, 0.05) is 0 Å². The first-order valence-electron chi connectivity index (χ1n) is 6.46. The SMILES string of the molecule is Cc1cccc(Cl)c1-n1c(C(C)Cl)nc2ccccc21. The van der Waals surface area contributed by atoms with Gasteiger partial charge in [-0.1, -0.05) is 35.9 Å². The van der Waals surface area contributed by atoms with Gasteiger partial charge >= 0.3 is 0 Å². The minimum Gasteiger partial charge on any atom is -0.293 e. The highest BCUT2D eigenvalue weighted by Crippen LogP contribution is 2.33. The third-order valence-corrected chi connectivity index (χ3v) is 3.85. The van der Waals surface area contributed by atoms with Gasteiger partial charge in [-0.25, -0.2) is 4.98 Å². The summed E-state index contributed by atoms with van der Waals surface area (Å²) in [4.78, 5) is 4.64. The van der Waals surface area contributed by atoms with Crippen LogP contribution in [0.25, 0.3) is 16.7 Å². The number of imidazole rings is 1. The van der Waals surface area contributed by atoms with E-state index >= 15 is 0 Å². The Bertz CT molecular complexity index is 755. The normalized spacial score (nSPS) is 12.8. The van der Waals surface area contributed by atoms with Gasteiger partial charge in [0.15, 0.2) is 0 Å². The van der Waals surface area contributed by atoms with Gasteiger partial charge in [0.1, 0.15) is 5.82 Å². The van der Waals surface area contributed by atoms with Crippen LogP contribution in [-0.4, -0.2) is 9.55 Å².